The van der Waals surface area contributed by atoms with Gasteiger partial charge in [-0.15, -0.1) is 11.3 Å². The molecule has 0 radical (unpaired) electrons. The molecule has 134 valence electrons. The molecule has 0 atom stereocenters. The second-order valence-electron chi connectivity index (χ2n) is 5.67. The standard InChI is InChI=1S/C19H16ClFN2O2S/c1-13-2-4-14(5-3-13)11-23-8-9-26-19(23)22-18(24)12-25-15-6-7-17(21)16(20)10-15/h2-10H,11-12H2,1H3. The number of hydrogen-bond donors (Lipinski definition) is 0. The van der Waals surface area contributed by atoms with Gasteiger partial charge in [0.1, 0.15) is 11.6 Å². The van der Waals surface area contributed by atoms with Crippen LogP contribution in [0.25, 0.3) is 0 Å². The van der Waals surface area contributed by atoms with Gasteiger partial charge < -0.3 is 9.30 Å². The van der Waals surface area contributed by atoms with Gasteiger partial charge in [0.25, 0.3) is 5.91 Å². The van der Waals surface area contributed by atoms with Crippen LogP contribution in [0.3, 0.4) is 0 Å². The fourth-order valence-electron chi connectivity index (χ4n) is 2.25. The Balaban J connectivity index is 1.67. The maximum Gasteiger partial charge on any atom is 0.286 e. The van der Waals surface area contributed by atoms with Crippen LogP contribution < -0.4 is 9.54 Å². The summed E-state index contributed by atoms with van der Waals surface area (Å²) in [6.07, 6.45) is 1.89. The monoisotopic (exact) mass is 390 g/mol. The van der Waals surface area contributed by atoms with Crippen LogP contribution in [0.5, 0.6) is 5.75 Å². The number of amides is 1. The summed E-state index contributed by atoms with van der Waals surface area (Å²) >= 11 is 7.06. The van der Waals surface area contributed by atoms with Gasteiger partial charge in [-0.25, -0.2) is 4.39 Å². The number of aromatic nitrogens is 1. The highest BCUT2D eigenvalue weighted by Gasteiger charge is 2.06. The van der Waals surface area contributed by atoms with E-state index in [9.17, 15) is 9.18 Å². The number of rotatable bonds is 5. The SMILES string of the molecule is Cc1ccc(Cn2ccsc2=NC(=O)COc2ccc(F)c(Cl)c2)cc1. The Morgan fingerprint density at radius 2 is 2.04 bits per heavy atom. The van der Waals surface area contributed by atoms with Gasteiger partial charge in [-0.3, -0.25) is 4.79 Å². The van der Waals surface area contributed by atoms with Crippen molar-refractivity contribution >= 4 is 28.8 Å². The second-order valence-corrected chi connectivity index (χ2v) is 6.95. The highest BCUT2D eigenvalue weighted by Crippen LogP contribution is 2.20. The molecule has 0 saturated carbocycles. The van der Waals surface area contributed by atoms with Crippen LogP contribution in [-0.4, -0.2) is 17.1 Å². The van der Waals surface area contributed by atoms with Crippen LogP contribution in [0.4, 0.5) is 4.39 Å². The molecular formula is C19H16ClFN2O2S. The molecule has 26 heavy (non-hydrogen) atoms. The number of aryl methyl sites for hydroxylation is 1. The fourth-order valence-corrected chi connectivity index (χ4v) is 3.16. The molecule has 3 aromatic rings. The highest BCUT2D eigenvalue weighted by atomic mass is 35.5. The van der Waals surface area contributed by atoms with E-state index in [1.54, 1.807) is 0 Å². The van der Waals surface area contributed by atoms with Crippen molar-refractivity contribution in [1.29, 1.82) is 0 Å². The number of benzene rings is 2. The summed E-state index contributed by atoms with van der Waals surface area (Å²) in [4.78, 5) is 16.8. The number of carbonyl (C=O) groups excluding carboxylic acids is 1. The van der Waals surface area contributed by atoms with Gasteiger partial charge in [-0.05, 0) is 24.6 Å². The molecule has 0 spiro atoms. The molecule has 4 nitrogen and oxygen atoms in total. The first-order chi connectivity index (χ1) is 12.5. The molecule has 0 aliphatic rings. The van der Waals surface area contributed by atoms with Gasteiger partial charge in [0.2, 0.25) is 0 Å². The number of hydrogen-bond acceptors (Lipinski definition) is 3. The maximum absolute atomic E-state index is 13.1. The van der Waals surface area contributed by atoms with E-state index < -0.39 is 11.7 Å². The fraction of sp³-hybridized carbons (Fsp3) is 0.158. The molecule has 1 heterocycles. The third-order valence-electron chi connectivity index (χ3n) is 3.61. The smallest absolute Gasteiger partial charge is 0.286 e. The molecule has 7 heteroatoms. The van der Waals surface area contributed by atoms with Gasteiger partial charge in [0.05, 0.1) is 5.02 Å². The van der Waals surface area contributed by atoms with E-state index >= 15 is 0 Å². The zero-order valence-electron chi connectivity index (χ0n) is 14.0. The Hall–Kier alpha value is -2.44. The summed E-state index contributed by atoms with van der Waals surface area (Å²) in [5, 5.41) is 1.82. The first-order valence-corrected chi connectivity index (χ1v) is 9.12. The van der Waals surface area contributed by atoms with Crippen molar-refractivity contribution in [3.05, 3.63) is 80.8 Å². The number of halogens is 2. The average Bonchev–Trinajstić information content (AvgIpc) is 3.05. The summed E-state index contributed by atoms with van der Waals surface area (Å²) in [5.41, 5.74) is 2.32. The summed E-state index contributed by atoms with van der Waals surface area (Å²) in [6, 6.07) is 12.1. The second kappa shape index (κ2) is 8.29. The first-order valence-electron chi connectivity index (χ1n) is 7.86. The quantitative estimate of drug-likeness (QED) is 0.655. The minimum atomic E-state index is -0.536. The molecule has 0 N–H and O–H groups in total. The predicted octanol–water partition coefficient (Wildman–Crippen LogP) is 4.21. The minimum absolute atomic E-state index is 0.0546. The Labute approximate surface area is 159 Å². The lowest BCUT2D eigenvalue weighted by Crippen LogP contribution is -2.19. The molecule has 0 aliphatic carbocycles. The van der Waals surface area contributed by atoms with Crippen molar-refractivity contribution in [2.45, 2.75) is 13.5 Å². The number of ether oxygens (including phenoxy) is 1. The Kier molecular flexibility index (Phi) is 5.85. The van der Waals surface area contributed by atoms with Crippen LogP contribution in [-0.2, 0) is 11.3 Å². The van der Waals surface area contributed by atoms with E-state index in [1.165, 1.54) is 35.1 Å². The molecule has 1 aromatic heterocycles. The lowest BCUT2D eigenvalue weighted by molar-refractivity contribution is -0.120. The molecule has 3 rings (SSSR count). The molecule has 0 fully saturated rings. The van der Waals surface area contributed by atoms with Crippen LogP contribution >= 0.6 is 22.9 Å². The van der Waals surface area contributed by atoms with Crippen molar-refractivity contribution in [2.75, 3.05) is 6.61 Å². The van der Waals surface area contributed by atoms with Crippen molar-refractivity contribution in [3.8, 4) is 5.75 Å². The third kappa shape index (κ3) is 4.80. The van der Waals surface area contributed by atoms with E-state index in [0.717, 1.165) is 5.56 Å². The summed E-state index contributed by atoms with van der Waals surface area (Å²) in [7, 11) is 0. The van der Waals surface area contributed by atoms with Crippen LogP contribution in [0.2, 0.25) is 5.02 Å². The summed E-state index contributed by atoms with van der Waals surface area (Å²) in [5.74, 6) is -0.644. The van der Waals surface area contributed by atoms with Gasteiger partial charge >= 0.3 is 0 Å². The largest absolute Gasteiger partial charge is 0.484 e. The zero-order valence-corrected chi connectivity index (χ0v) is 15.6. The van der Waals surface area contributed by atoms with Crippen molar-refractivity contribution in [1.82, 2.24) is 4.57 Å². The Morgan fingerprint density at radius 3 is 2.77 bits per heavy atom. The lowest BCUT2D eigenvalue weighted by Gasteiger charge is -2.05. The van der Waals surface area contributed by atoms with E-state index in [2.05, 4.69) is 4.99 Å². The first kappa shape index (κ1) is 18.4. The van der Waals surface area contributed by atoms with E-state index in [4.69, 9.17) is 16.3 Å². The maximum atomic E-state index is 13.1. The van der Waals surface area contributed by atoms with Crippen molar-refractivity contribution in [3.63, 3.8) is 0 Å². The van der Waals surface area contributed by atoms with Crippen molar-refractivity contribution in [2.24, 2.45) is 4.99 Å². The molecule has 0 saturated heterocycles. The third-order valence-corrected chi connectivity index (χ3v) is 4.69. The van der Waals surface area contributed by atoms with Crippen LogP contribution in [0.15, 0.2) is 59.0 Å². The average molecular weight is 391 g/mol. The number of thiazole rings is 1. The highest BCUT2D eigenvalue weighted by molar-refractivity contribution is 7.07. The molecule has 0 bridgehead atoms. The van der Waals surface area contributed by atoms with Crippen LogP contribution in [0, 0.1) is 12.7 Å². The zero-order chi connectivity index (χ0) is 18.5. The van der Waals surface area contributed by atoms with Crippen LogP contribution in [0.1, 0.15) is 11.1 Å². The Morgan fingerprint density at radius 1 is 1.27 bits per heavy atom. The summed E-state index contributed by atoms with van der Waals surface area (Å²) < 4.78 is 20.4. The van der Waals surface area contributed by atoms with E-state index in [1.807, 2.05) is 47.3 Å². The van der Waals surface area contributed by atoms with Gasteiger partial charge in [-0.2, -0.15) is 4.99 Å². The number of carbonyl (C=O) groups is 1. The molecule has 2 aromatic carbocycles. The van der Waals surface area contributed by atoms with E-state index in [-0.39, 0.29) is 11.6 Å². The minimum Gasteiger partial charge on any atom is -0.484 e. The van der Waals surface area contributed by atoms with E-state index in [0.29, 0.717) is 17.1 Å². The normalized spacial score (nSPS) is 11.6. The topological polar surface area (TPSA) is 43.6 Å². The lowest BCUT2D eigenvalue weighted by atomic mass is 10.1. The molecule has 0 aliphatic heterocycles. The molecular weight excluding hydrogens is 375 g/mol. The van der Waals surface area contributed by atoms with Gasteiger partial charge in [0.15, 0.2) is 11.4 Å². The van der Waals surface area contributed by atoms with Gasteiger partial charge in [-0.1, -0.05) is 41.4 Å². The predicted molar refractivity (Wildman–Crippen MR) is 100 cm³/mol. The number of nitrogens with zero attached hydrogens (tertiary/aromatic N) is 2. The van der Waals surface area contributed by atoms with Crippen molar-refractivity contribution < 1.29 is 13.9 Å². The Bertz CT molecular complexity index is 980. The van der Waals surface area contributed by atoms with Gasteiger partial charge in [0, 0.05) is 24.2 Å². The molecule has 1 amide bonds. The molecule has 0 unspecified atom stereocenters. The summed E-state index contributed by atoms with van der Waals surface area (Å²) in [6.45, 7) is 2.42.